The van der Waals surface area contributed by atoms with Gasteiger partial charge in [0.2, 0.25) is 0 Å². The molecule has 0 saturated heterocycles. The molecule has 10 nitrogen and oxygen atoms in total. The van der Waals surface area contributed by atoms with E-state index in [0.717, 1.165) is 15.9 Å². The van der Waals surface area contributed by atoms with E-state index in [4.69, 9.17) is 29.4 Å². The minimum Gasteiger partial charge on any atom is -0.497 e. The summed E-state index contributed by atoms with van der Waals surface area (Å²) in [5.41, 5.74) is 2.63. The van der Waals surface area contributed by atoms with Gasteiger partial charge in [-0.15, -0.1) is 0 Å². The number of fused-ring (bicyclic) bond motifs is 1. The molecule has 3 N–H and O–H groups in total. The summed E-state index contributed by atoms with van der Waals surface area (Å²) in [6.07, 6.45) is 0. The Morgan fingerprint density at radius 3 is 2.33 bits per heavy atom. The quantitative estimate of drug-likeness (QED) is 0.202. The first-order valence-corrected chi connectivity index (χ1v) is 13.0. The number of hydrogen-bond donors (Lipinski definition) is 3. The molecule has 0 aliphatic carbocycles. The number of aromatic nitrogens is 2. The Bertz CT molecular complexity index is 1440. The van der Waals surface area contributed by atoms with Crippen LogP contribution in [0.5, 0.6) is 17.2 Å². The molecule has 0 radical (unpaired) electrons. The van der Waals surface area contributed by atoms with E-state index in [1.54, 1.807) is 32.4 Å². The van der Waals surface area contributed by atoms with Crippen molar-refractivity contribution in [3.63, 3.8) is 0 Å². The monoisotopic (exact) mass is 546 g/mol. The minimum absolute atomic E-state index is 0.0754. The van der Waals surface area contributed by atoms with Crippen molar-refractivity contribution in [1.29, 1.82) is 5.26 Å². The van der Waals surface area contributed by atoms with Crippen molar-refractivity contribution in [1.82, 2.24) is 14.9 Å². The number of benzene rings is 3. The molecule has 3 aromatic carbocycles. The number of ether oxygens (including phenoxy) is 3. The molecule has 0 unspecified atom stereocenters. The van der Waals surface area contributed by atoms with Crippen LogP contribution in [0.25, 0.3) is 11.0 Å². The van der Waals surface area contributed by atoms with Crippen LogP contribution in [0.3, 0.4) is 0 Å². The summed E-state index contributed by atoms with van der Waals surface area (Å²) in [5, 5.41) is 21.6. The Morgan fingerprint density at radius 1 is 0.974 bits per heavy atom. The maximum absolute atomic E-state index is 9.18. The Morgan fingerprint density at radius 2 is 1.69 bits per heavy atom. The van der Waals surface area contributed by atoms with E-state index < -0.39 is 0 Å². The van der Waals surface area contributed by atoms with E-state index in [0.29, 0.717) is 59.8 Å². The molecule has 39 heavy (non-hydrogen) atoms. The van der Waals surface area contributed by atoms with E-state index in [-0.39, 0.29) is 6.61 Å². The molecule has 0 aliphatic heterocycles. The summed E-state index contributed by atoms with van der Waals surface area (Å²) < 4.78 is 20.6. The zero-order chi connectivity index (χ0) is 27.6. The molecule has 0 fully saturated rings. The molecule has 1 heterocycles. The van der Waals surface area contributed by atoms with Crippen molar-refractivity contribution in [3.8, 4) is 23.3 Å². The summed E-state index contributed by atoms with van der Waals surface area (Å²) in [5.74, 6) is 2.56. The lowest BCUT2D eigenvalue weighted by Gasteiger charge is -2.20. The van der Waals surface area contributed by atoms with E-state index in [1.165, 1.54) is 11.9 Å². The van der Waals surface area contributed by atoms with Gasteiger partial charge in [-0.25, -0.2) is 9.97 Å². The number of methoxy groups -OCH3 is 2. The van der Waals surface area contributed by atoms with Crippen molar-refractivity contribution >= 4 is 40.3 Å². The van der Waals surface area contributed by atoms with Gasteiger partial charge in [0.05, 0.1) is 49.2 Å². The van der Waals surface area contributed by atoms with Gasteiger partial charge in [-0.05, 0) is 55.4 Å². The average Bonchev–Trinajstić information content (AvgIpc) is 2.96. The van der Waals surface area contributed by atoms with E-state index in [2.05, 4.69) is 16.1 Å². The van der Waals surface area contributed by atoms with Gasteiger partial charge in [-0.1, -0.05) is 12.1 Å². The van der Waals surface area contributed by atoms with Crippen LogP contribution < -0.4 is 24.2 Å². The van der Waals surface area contributed by atoms with Crippen molar-refractivity contribution in [3.05, 3.63) is 66.2 Å². The summed E-state index contributed by atoms with van der Waals surface area (Å²) in [6, 6.07) is 20.6. The highest BCUT2D eigenvalue weighted by Gasteiger charge is 2.18. The molecular weight excluding hydrogens is 516 g/mol. The van der Waals surface area contributed by atoms with Gasteiger partial charge in [-0.2, -0.15) is 5.26 Å². The van der Waals surface area contributed by atoms with Crippen molar-refractivity contribution < 1.29 is 19.3 Å². The van der Waals surface area contributed by atoms with Gasteiger partial charge in [0.25, 0.3) is 0 Å². The van der Waals surface area contributed by atoms with Crippen LogP contribution in [0, 0.1) is 11.3 Å². The lowest BCUT2D eigenvalue weighted by Crippen LogP contribution is -2.27. The SMILES string of the molecule is COc1cc(Nc2nc3ccccc3nc2NSc2ccc(C#N)cc2)c(OCCN(C)CCO)c(OC)c1. The second-order valence-corrected chi connectivity index (χ2v) is 9.34. The van der Waals surface area contributed by atoms with Crippen molar-refractivity contribution in [2.45, 2.75) is 4.90 Å². The highest BCUT2D eigenvalue weighted by molar-refractivity contribution is 8.00. The van der Waals surface area contributed by atoms with Crippen LogP contribution in [0.15, 0.2) is 65.6 Å². The van der Waals surface area contributed by atoms with Crippen molar-refractivity contribution in [2.24, 2.45) is 0 Å². The first-order chi connectivity index (χ1) is 19.0. The largest absolute Gasteiger partial charge is 0.497 e. The van der Waals surface area contributed by atoms with Crippen molar-refractivity contribution in [2.75, 3.05) is 57.6 Å². The van der Waals surface area contributed by atoms with E-state index in [1.807, 2.05) is 54.4 Å². The summed E-state index contributed by atoms with van der Waals surface area (Å²) >= 11 is 1.36. The van der Waals surface area contributed by atoms with Crippen LogP contribution in [0.1, 0.15) is 5.56 Å². The fraction of sp³-hybridized carbons (Fsp3) is 0.250. The maximum atomic E-state index is 9.18. The number of anilines is 3. The molecule has 0 saturated carbocycles. The second-order valence-electron chi connectivity index (χ2n) is 8.46. The third-order valence-corrected chi connectivity index (χ3v) is 6.56. The lowest BCUT2D eigenvalue weighted by atomic mass is 10.2. The fourth-order valence-corrected chi connectivity index (χ4v) is 4.29. The molecule has 0 amide bonds. The second kappa shape index (κ2) is 13.5. The minimum atomic E-state index is 0.0754. The Hall–Kier alpha value is -4.24. The van der Waals surface area contributed by atoms with Crippen LogP contribution in [0.2, 0.25) is 0 Å². The summed E-state index contributed by atoms with van der Waals surface area (Å²) in [4.78, 5) is 12.5. The molecule has 11 heteroatoms. The Labute approximate surface area is 231 Å². The Kier molecular flexibility index (Phi) is 9.64. The van der Waals surface area contributed by atoms with Crippen LogP contribution in [0.4, 0.5) is 17.3 Å². The molecule has 0 aliphatic rings. The molecule has 0 bridgehead atoms. The van der Waals surface area contributed by atoms with Gasteiger partial charge >= 0.3 is 0 Å². The lowest BCUT2D eigenvalue weighted by molar-refractivity contribution is 0.190. The summed E-state index contributed by atoms with van der Waals surface area (Å²) in [6.45, 7) is 1.61. The van der Waals surface area contributed by atoms with Gasteiger partial charge < -0.3 is 34.3 Å². The molecular formula is C28H30N6O4S. The first kappa shape index (κ1) is 27.8. The number of nitrogens with one attached hydrogen (secondary N) is 2. The number of likely N-dealkylation sites (N-methyl/N-ethyl adjacent to an activating group) is 1. The molecule has 0 atom stereocenters. The highest BCUT2D eigenvalue weighted by atomic mass is 32.2. The van der Waals surface area contributed by atoms with Gasteiger partial charge in [0.15, 0.2) is 23.1 Å². The topological polar surface area (TPSA) is 125 Å². The number of nitriles is 1. The number of aliphatic hydroxyl groups excluding tert-OH is 1. The third kappa shape index (κ3) is 7.20. The predicted molar refractivity (Wildman–Crippen MR) is 153 cm³/mol. The normalized spacial score (nSPS) is 10.8. The number of aliphatic hydroxyl groups is 1. The number of rotatable bonds is 13. The number of hydrogen-bond acceptors (Lipinski definition) is 11. The zero-order valence-electron chi connectivity index (χ0n) is 22.0. The average molecular weight is 547 g/mol. The molecule has 202 valence electrons. The molecule has 1 aromatic heterocycles. The first-order valence-electron chi connectivity index (χ1n) is 12.2. The number of nitrogens with zero attached hydrogens (tertiary/aromatic N) is 4. The molecule has 0 spiro atoms. The van der Waals surface area contributed by atoms with Gasteiger partial charge in [0.1, 0.15) is 12.4 Å². The third-order valence-electron chi connectivity index (χ3n) is 5.76. The van der Waals surface area contributed by atoms with Crippen LogP contribution >= 0.6 is 11.9 Å². The highest BCUT2D eigenvalue weighted by Crippen LogP contribution is 2.42. The predicted octanol–water partition coefficient (Wildman–Crippen LogP) is 4.68. The molecule has 4 rings (SSSR count). The van der Waals surface area contributed by atoms with Gasteiger partial charge in [-0.3, -0.25) is 0 Å². The van der Waals surface area contributed by atoms with E-state index in [9.17, 15) is 5.11 Å². The zero-order valence-corrected chi connectivity index (χ0v) is 22.8. The van der Waals surface area contributed by atoms with Crippen LogP contribution in [-0.4, -0.2) is 67.5 Å². The Balaban J connectivity index is 1.67. The summed E-state index contributed by atoms with van der Waals surface area (Å²) in [7, 11) is 5.07. The standard InChI is InChI=1S/C28H30N6O4S/c1-34(12-14-35)13-15-38-26-24(16-20(36-2)17-25(26)37-3)32-27-28(31-23-7-5-4-6-22(23)30-27)33-39-21-10-8-19(18-29)9-11-21/h4-11,16-17,35H,12-15H2,1-3H3,(H,30,32)(H,31,33). The van der Waals surface area contributed by atoms with E-state index >= 15 is 0 Å². The van der Waals surface area contributed by atoms with Crippen LogP contribution in [-0.2, 0) is 0 Å². The maximum Gasteiger partial charge on any atom is 0.185 e. The van der Waals surface area contributed by atoms with Gasteiger partial charge in [0, 0.05) is 30.1 Å². The smallest absolute Gasteiger partial charge is 0.185 e. The molecule has 4 aromatic rings. The fourth-order valence-electron chi connectivity index (χ4n) is 3.66. The number of para-hydroxylation sites is 2.